The standard InChI is InChI=1S/C22H30N2O/c1-22(2,3)23-14-15-24(20(16-23)17-25)21(18-10-6-4-7-11-18)19-12-8-5-9-13-19/h4-13,20-21,25H,14-17H2,1-3H3. The Morgan fingerprint density at radius 1 is 0.920 bits per heavy atom. The van der Waals surface area contributed by atoms with Gasteiger partial charge in [-0.3, -0.25) is 9.80 Å². The lowest BCUT2D eigenvalue weighted by Crippen LogP contribution is -2.60. The smallest absolute Gasteiger partial charge is 0.0606 e. The molecule has 134 valence electrons. The summed E-state index contributed by atoms with van der Waals surface area (Å²) >= 11 is 0. The maximum Gasteiger partial charge on any atom is 0.0606 e. The summed E-state index contributed by atoms with van der Waals surface area (Å²) in [5, 5.41) is 10.1. The lowest BCUT2D eigenvalue weighted by Gasteiger charge is -2.49. The van der Waals surface area contributed by atoms with E-state index in [-0.39, 0.29) is 24.2 Å². The van der Waals surface area contributed by atoms with Gasteiger partial charge in [-0.1, -0.05) is 60.7 Å². The van der Waals surface area contributed by atoms with Gasteiger partial charge >= 0.3 is 0 Å². The Labute approximate surface area is 151 Å². The molecule has 0 saturated carbocycles. The molecule has 3 rings (SSSR count). The molecule has 1 aliphatic rings. The maximum atomic E-state index is 10.1. The van der Waals surface area contributed by atoms with Crippen LogP contribution in [0.3, 0.4) is 0 Å². The Morgan fingerprint density at radius 3 is 1.88 bits per heavy atom. The van der Waals surface area contributed by atoms with Crippen molar-refractivity contribution in [2.24, 2.45) is 0 Å². The topological polar surface area (TPSA) is 26.7 Å². The van der Waals surface area contributed by atoms with E-state index in [0.29, 0.717) is 0 Å². The number of aliphatic hydroxyl groups is 1. The van der Waals surface area contributed by atoms with Crippen LogP contribution in [0.5, 0.6) is 0 Å². The van der Waals surface area contributed by atoms with E-state index in [0.717, 1.165) is 19.6 Å². The molecule has 0 spiro atoms. The molecule has 1 saturated heterocycles. The van der Waals surface area contributed by atoms with E-state index in [2.05, 4.69) is 91.2 Å². The van der Waals surface area contributed by atoms with E-state index in [1.807, 2.05) is 0 Å². The average molecular weight is 338 g/mol. The van der Waals surface area contributed by atoms with Crippen LogP contribution in [0.4, 0.5) is 0 Å². The number of nitrogens with zero attached hydrogens (tertiary/aromatic N) is 2. The van der Waals surface area contributed by atoms with Crippen molar-refractivity contribution in [1.82, 2.24) is 9.80 Å². The molecule has 1 atom stereocenters. The molecule has 0 bridgehead atoms. The summed E-state index contributed by atoms with van der Waals surface area (Å²) in [6, 6.07) is 21.6. The first-order valence-corrected chi connectivity index (χ1v) is 9.22. The molecule has 3 heteroatoms. The van der Waals surface area contributed by atoms with Crippen molar-refractivity contribution >= 4 is 0 Å². The van der Waals surface area contributed by atoms with Crippen molar-refractivity contribution in [2.45, 2.75) is 38.4 Å². The third kappa shape index (κ3) is 4.12. The summed E-state index contributed by atoms with van der Waals surface area (Å²) in [6.07, 6.45) is 0. The van der Waals surface area contributed by atoms with Crippen LogP contribution in [0.25, 0.3) is 0 Å². The van der Waals surface area contributed by atoms with Gasteiger partial charge in [0.2, 0.25) is 0 Å². The lowest BCUT2D eigenvalue weighted by molar-refractivity contribution is -0.0134. The monoisotopic (exact) mass is 338 g/mol. The molecule has 1 aliphatic heterocycles. The zero-order valence-corrected chi connectivity index (χ0v) is 15.6. The highest BCUT2D eigenvalue weighted by Crippen LogP contribution is 2.33. The molecule has 1 unspecified atom stereocenters. The van der Waals surface area contributed by atoms with Crippen LogP contribution in [0.15, 0.2) is 60.7 Å². The molecule has 1 heterocycles. The Balaban J connectivity index is 1.94. The summed E-state index contributed by atoms with van der Waals surface area (Å²) < 4.78 is 0. The second-order valence-corrected chi connectivity index (χ2v) is 7.91. The lowest BCUT2D eigenvalue weighted by atomic mass is 9.93. The predicted molar refractivity (Wildman–Crippen MR) is 104 cm³/mol. The van der Waals surface area contributed by atoms with Crippen molar-refractivity contribution in [3.8, 4) is 0 Å². The minimum atomic E-state index is 0.133. The number of rotatable bonds is 4. The summed E-state index contributed by atoms with van der Waals surface area (Å²) in [5.74, 6) is 0. The minimum Gasteiger partial charge on any atom is -0.395 e. The number of benzene rings is 2. The van der Waals surface area contributed by atoms with Gasteiger partial charge in [0.25, 0.3) is 0 Å². The van der Waals surface area contributed by atoms with Gasteiger partial charge in [0.1, 0.15) is 0 Å². The Kier molecular flexibility index (Phi) is 5.57. The number of aliphatic hydroxyl groups excluding tert-OH is 1. The molecule has 1 N–H and O–H groups in total. The second kappa shape index (κ2) is 7.69. The largest absolute Gasteiger partial charge is 0.395 e. The van der Waals surface area contributed by atoms with E-state index in [1.54, 1.807) is 0 Å². The Bertz CT molecular complexity index is 611. The zero-order chi connectivity index (χ0) is 17.9. The third-order valence-corrected chi connectivity index (χ3v) is 5.25. The van der Waals surface area contributed by atoms with Gasteiger partial charge in [-0.2, -0.15) is 0 Å². The van der Waals surface area contributed by atoms with Crippen LogP contribution in [0, 0.1) is 0 Å². The van der Waals surface area contributed by atoms with Gasteiger partial charge in [-0.25, -0.2) is 0 Å². The van der Waals surface area contributed by atoms with Crippen molar-refractivity contribution in [3.63, 3.8) is 0 Å². The normalized spacial score (nSPS) is 20.1. The van der Waals surface area contributed by atoms with Crippen LogP contribution in [-0.4, -0.2) is 52.7 Å². The van der Waals surface area contributed by atoms with E-state index in [1.165, 1.54) is 11.1 Å². The highest BCUT2D eigenvalue weighted by molar-refractivity contribution is 5.32. The number of hydrogen-bond acceptors (Lipinski definition) is 3. The predicted octanol–water partition coefficient (Wildman–Crippen LogP) is 3.55. The Morgan fingerprint density at radius 2 is 1.44 bits per heavy atom. The molecule has 3 nitrogen and oxygen atoms in total. The SMILES string of the molecule is CC(C)(C)N1CCN(C(c2ccccc2)c2ccccc2)C(CO)C1. The third-order valence-electron chi connectivity index (χ3n) is 5.25. The van der Waals surface area contributed by atoms with Crippen molar-refractivity contribution in [3.05, 3.63) is 71.8 Å². The second-order valence-electron chi connectivity index (χ2n) is 7.91. The van der Waals surface area contributed by atoms with E-state index < -0.39 is 0 Å². The molecule has 2 aromatic rings. The highest BCUT2D eigenvalue weighted by Gasteiger charge is 2.36. The molecule has 0 radical (unpaired) electrons. The molecule has 0 aromatic heterocycles. The van der Waals surface area contributed by atoms with Gasteiger partial charge < -0.3 is 5.11 Å². The van der Waals surface area contributed by atoms with Gasteiger partial charge in [-0.05, 0) is 31.9 Å². The van der Waals surface area contributed by atoms with Gasteiger partial charge in [0.05, 0.1) is 12.6 Å². The van der Waals surface area contributed by atoms with Crippen LogP contribution < -0.4 is 0 Å². The average Bonchev–Trinajstić information content (AvgIpc) is 2.63. The number of piperazine rings is 1. The first kappa shape index (κ1) is 18.1. The highest BCUT2D eigenvalue weighted by atomic mass is 16.3. The van der Waals surface area contributed by atoms with Gasteiger partial charge in [-0.15, -0.1) is 0 Å². The molecule has 25 heavy (non-hydrogen) atoms. The molecular formula is C22H30N2O. The summed E-state index contributed by atoms with van der Waals surface area (Å²) in [5.41, 5.74) is 2.71. The molecule has 2 aromatic carbocycles. The molecule has 1 fully saturated rings. The summed E-state index contributed by atoms with van der Waals surface area (Å²) in [4.78, 5) is 4.96. The van der Waals surface area contributed by atoms with Gasteiger partial charge in [0.15, 0.2) is 0 Å². The fourth-order valence-electron chi connectivity index (χ4n) is 3.83. The van der Waals surface area contributed by atoms with Crippen molar-refractivity contribution in [2.75, 3.05) is 26.2 Å². The fraction of sp³-hybridized carbons (Fsp3) is 0.455. The quantitative estimate of drug-likeness (QED) is 0.923. The maximum absolute atomic E-state index is 10.1. The number of hydrogen-bond donors (Lipinski definition) is 1. The van der Waals surface area contributed by atoms with Gasteiger partial charge in [0, 0.05) is 31.2 Å². The Hall–Kier alpha value is -1.68. The fourth-order valence-corrected chi connectivity index (χ4v) is 3.83. The molecule has 0 amide bonds. The minimum absolute atomic E-state index is 0.133. The van der Waals surface area contributed by atoms with Crippen molar-refractivity contribution in [1.29, 1.82) is 0 Å². The molecular weight excluding hydrogens is 308 g/mol. The first-order valence-electron chi connectivity index (χ1n) is 9.22. The van der Waals surface area contributed by atoms with Crippen LogP contribution in [0.1, 0.15) is 37.9 Å². The van der Waals surface area contributed by atoms with Crippen LogP contribution in [-0.2, 0) is 0 Å². The zero-order valence-electron chi connectivity index (χ0n) is 15.6. The summed E-state index contributed by atoms with van der Waals surface area (Å²) in [7, 11) is 0. The van der Waals surface area contributed by atoms with E-state index >= 15 is 0 Å². The van der Waals surface area contributed by atoms with E-state index in [9.17, 15) is 5.11 Å². The van der Waals surface area contributed by atoms with E-state index in [4.69, 9.17) is 0 Å². The van der Waals surface area contributed by atoms with Crippen molar-refractivity contribution < 1.29 is 5.11 Å². The molecule has 0 aliphatic carbocycles. The first-order chi connectivity index (χ1) is 12.0. The summed E-state index contributed by atoms with van der Waals surface area (Å²) in [6.45, 7) is 9.82. The van der Waals surface area contributed by atoms with Crippen LogP contribution >= 0.6 is 0 Å². The van der Waals surface area contributed by atoms with Crippen LogP contribution in [0.2, 0.25) is 0 Å².